The topological polar surface area (TPSA) is 66.5 Å². The number of nitrogens with zero attached hydrogens (tertiary/aromatic N) is 1. The van der Waals surface area contributed by atoms with Crippen LogP contribution in [-0.4, -0.2) is 31.7 Å². The maximum Gasteiger partial charge on any atom is 0.252 e. The quantitative estimate of drug-likeness (QED) is 0.375. The summed E-state index contributed by atoms with van der Waals surface area (Å²) in [5.41, 5.74) is 2.44. The van der Waals surface area contributed by atoms with E-state index in [1.807, 2.05) is 49.4 Å². The monoisotopic (exact) mass is 542 g/mol. The van der Waals surface area contributed by atoms with Crippen LogP contribution in [0.15, 0.2) is 81.4 Å². The summed E-state index contributed by atoms with van der Waals surface area (Å²) in [5, 5.41) is 3.55. The second-order valence-electron chi connectivity index (χ2n) is 9.65. The van der Waals surface area contributed by atoms with Gasteiger partial charge in [-0.15, -0.1) is 0 Å². The Kier molecular flexibility index (Phi) is 8.45. The molecule has 0 radical (unpaired) electrons. The van der Waals surface area contributed by atoms with Gasteiger partial charge in [0, 0.05) is 34.4 Å². The van der Waals surface area contributed by atoms with E-state index in [1.165, 1.54) is 17.8 Å². The van der Waals surface area contributed by atoms with Gasteiger partial charge in [0.1, 0.15) is 0 Å². The minimum atomic E-state index is -3.73. The van der Waals surface area contributed by atoms with Crippen molar-refractivity contribution < 1.29 is 13.2 Å². The van der Waals surface area contributed by atoms with E-state index >= 15 is 0 Å². The molecule has 0 aliphatic carbocycles. The molecule has 0 saturated carbocycles. The summed E-state index contributed by atoms with van der Waals surface area (Å²) in [6.45, 7) is 7.48. The van der Waals surface area contributed by atoms with E-state index in [0.29, 0.717) is 47.0 Å². The van der Waals surface area contributed by atoms with Crippen LogP contribution in [0.25, 0.3) is 0 Å². The Morgan fingerprint density at radius 1 is 1.03 bits per heavy atom. The first-order chi connectivity index (χ1) is 17.1. The number of benzene rings is 3. The van der Waals surface area contributed by atoms with Gasteiger partial charge in [-0.25, -0.2) is 8.42 Å². The summed E-state index contributed by atoms with van der Waals surface area (Å²) >= 11 is 7.54. The highest BCUT2D eigenvalue weighted by molar-refractivity contribution is 7.99. The van der Waals surface area contributed by atoms with Gasteiger partial charge in [-0.3, -0.25) is 4.79 Å². The summed E-state index contributed by atoms with van der Waals surface area (Å²) in [6, 6.07) is 20.1. The molecule has 36 heavy (non-hydrogen) atoms. The Labute approximate surface area is 223 Å². The largest absolute Gasteiger partial charge is 0.348 e. The van der Waals surface area contributed by atoms with Gasteiger partial charge in [-0.05, 0) is 67.1 Å². The van der Waals surface area contributed by atoms with Crippen molar-refractivity contribution in [1.82, 2.24) is 9.62 Å². The number of hydrogen-bond donors (Lipinski definition) is 1. The molecule has 1 aliphatic heterocycles. The molecule has 1 heterocycles. The van der Waals surface area contributed by atoms with Crippen molar-refractivity contribution in [3.63, 3.8) is 0 Å². The molecule has 0 unspecified atom stereocenters. The lowest BCUT2D eigenvalue weighted by Gasteiger charge is -2.34. The minimum absolute atomic E-state index is 0.139. The first-order valence-corrected chi connectivity index (χ1v) is 14.7. The summed E-state index contributed by atoms with van der Waals surface area (Å²) in [5.74, 6) is 0.259. The molecule has 3 aromatic rings. The van der Waals surface area contributed by atoms with Crippen LogP contribution in [0.1, 0.15) is 41.8 Å². The van der Waals surface area contributed by atoms with Crippen LogP contribution in [0.5, 0.6) is 0 Å². The van der Waals surface area contributed by atoms with Crippen molar-refractivity contribution in [2.75, 3.05) is 13.1 Å². The average molecular weight is 543 g/mol. The van der Waals surface area contributed by atoms with Crippen molar-refractivity contribution in [2.45, 2.75) is 48.4 Å². The van der Waals surface area contributed by atoms with Crippen LogP contribution in [0.3, 0.4) is 0 Å². The van der Waals surface area contributed by atoms with E-state index in [1.54, 1.807) is 22.5 Å². The highest BCUT2D eigenvalue weighted by atomic mass is 35.5. The van der Waals surface area contributed by atoms with Gasteiger partial charge in [0.15, 0.2) is 0 Å². The van der Waals surface area contributed by atoms with Crippen molar-refractivity contribution >= 4 is 39.3 Å². The second kappa shape index (κ2) is 11.4. The van der Waals surface area contributed by atoms with E-state index in [4.69, 9.17) is 11.6 Å². The third kappa shape index (κ3) is 6.51. The first-order valence-electron chi connectivity index (χ1n) is 12.0. The predicted molar refractivity (Wildman–Crippen MR) is 146 cm³/mol. The minimum Gasteiger partial charge on any atom is -0.348 e. The molecular formula is C28H31ClN2O3S2. The highest BCUT2D eigenvalue weighted by Crippen LogP contribution is 2.34. The molecule has 5 nitrogen and oxygen atoms in total. The Bertz CT molecular complexity index is 1330. The highest BCUT2D eigenvalue weighted by Gasteiger charge is 2.32. The average Bonchev–Trinajstić information content (AvgIpc) is 2.83. The lowest BCUT2D eigenvalue weighted by molar-refractivity contribution is 0.0947. The molecule has 1 amide bonds. The van der Waals surface area contributed by atoms with Gasteiger partial charge in [-0.1, -0.05) is 73.1 Å². The van der Waals surface area contributed by atoms with Gasteiger partial charge in [0.25, 0.3) is 5.91 Å². The molecule has 1 saturated heterocycles. The SMILES string of the molecule is Cc1ccc(CNC(=O)c2cc(S(=O)(=O)N3C[C@H](C)C[C@@H](C)C3)ccc2Sc2cccc(Cl)c2)cc1. The Hall–Kier alpha value is -2.32. The fourth-order valence-corrected chi connectivity index (χ4v) is 7.47. The zero-order valence-electron chi connectivity index (χ0n) is 20.7. The van der Waals surface area contributed by atoms with Crippen LogP contribution in [0, 0.1) is 18.8 Å². The fraction of sp³-hybridized carbons (Fsp3) is 0.321. The third-order valence-corrected chi connectivity index (χ3v) is 9.39. The Balaban J connectivity index is 1.66. The maximum atomic E-state index is 13.5. The predicted octanol–water partition coefficient (Wildman–Crippen LogP) is 6.40. The van der Waals surface area contributed by atoms with E-state index in [-0.39, 0.29) is 10.8 Å². The number of carbonyl (C=O) groups is 1. The van der Waals surface area contributed by atoms with Crippen LogP contribution in [-0.2, 0) is 16.6 Å². The number of amides is 1. The molecule has 0 aromatic heterocycles. The number of rotatable bonds is 7. The number of nitrogens with one attached hydrogen (secondary N) is 1. The van der Waals surface area contributed by atoms with Crippen LogP contribution in [0.4, 0.5) is 0 Å². The van der Waals surface area contributed by atoms with Crippen molar-refractivity contribution in [3.05, 3.63) is 88.4 Å². The molecule has 1 fully saturated rings. The van der Waals surface area contributed by atoms with Gasteiger partial charge in [0.05, 0.1) is 10.5 Å². The van der Waals surface area contributed by atoms with Crippen molar-refractivity contribution in [1.29, 1.82) is 0 Å². The van der Waals surface area contributed by atoms with E-state index in [9.17, 15) is 13.2 Å². The molecule has 190 valence electrons. The van der Waals surface area contributed by atoms with Gasteiger partial charge < -0.3 is 5.32 Å². The molecular weight excluding hydrogens is 512 g/mol. The van der Waals surface area contributed by atoms with Gasteiger partial charge >= 0.3 is 0 Å². The number of sulfonamides is 1. The van der Waals surface area contributed by atoms with E-state index in [0.717, 1.165) is 22.4 Å². The second-order valence-corrected chi connectivity index (χ2v) is 13.1. The zero-order chi connectivity index (χ0) is 25.9. The van der Waals surface area contributed by atoms with E-state index < -0.39 is 10.0 Å². The standard InChI is InChI=1S/C28H31ClN2O3S2/c1-19-7-9-22(10-8-19)16-30-28(32)26-15-25(36(33,34)31-17-20(2)13-21(3)18-31)11-12-27(26)35-24-6-4-5-23(29)14-24/h4-12,14-15,20-21H,13,16-18H2,1-3H3,(H,30,32)/t20-,21-/m1/s1. The maximum absolute atomic E-state index is 13.5. The molecule has 1 N–H and O–H groups in total. The summed E-state index contributed by atoms with van der Waals surface area (Å²) in [6.07, 6.45) is 1.01. The molecule has 4 rings (SSSR count). The third-order valence-electron chi connectivity index (χ3n) is 6.27. The van der Waals surface area contributed by atoms with Crippen LogP contribution in [0.2, 0.25) is 5.02 Å². The Morgan fingerprint density at radius 2 is 1.72 bits per heavy atom. The normalized spacial score (nSPS) is 18.7. The lowest BCUT2D eigenvalue weighted by atomic mass is 9.94. The molecule has 0 bridgehead atoms. The Morgan fingerprint density at radius 3 is 2.39 bits per heavy atom. The smallest absolute Gasteiger partial charge is 0.252 e. The number of hydrogen-bond acceptors (Lipinski definition) is 4. The number of carbonyl (C=O) groups excluding carboxylic acids is 1. The molecule has 0 spiro atoms. The van der Waals surface area contributed by atoms with Crippen LogP contribution < -0.4 is 5.32 Å². The van der Waals surface area contributed by atoms with Gasteiger partial charge in [0.2, 0.25) is 10.0 Å². The molecule has 3 aromatic carbocycles. The molecule has 8 heteroatoms. The molecule has 1 aliphatic rings. The molecule has 2 atom stereocenters. The fourth-order valence-electron chi connectivity index (χ4n) is 4.53. The van der Waals surface area contributed by atoms with Gasteiger partial charge in [-0.2, -0.15) is 4.31 Å². The summed E-state index contributed by atoms with van der Waals surface area (Å²) in [7, 11) is -3.73. The van der Waals surface area contributed by atoms with E-state index in [2.05, 4.69) is 19.2 Å². The zero-order valence-corrected chi connectivity index (χ0v) is 23.1. The summed E-state index contributed by atoms with van der Waals surface area (Å²) < 4.78 is 28.7. The summed E-state index contributed by atoms with van der Waals surface area (Å²) in [4.78, 5) is 15.0. The lowest BCUT2D eigenvalue weighted by Crippen LogP contribution is -2.42. The number of piperidine rings is 1. The first kappa shape index (κ1) is 26.7. The number of halogens is 1. The number of aryl methyl sites for hydroxylation is 1. The van der Waals surface area contributed by atoms with Crippen molar-refractivity contribution in [3.8, 4) is 0 Å². The van der Waals surface area contributed by atoms with Crippen molar-refractivity contribution in [2.24, 2.45) is 11.8 Å². The van der Waals surface area contributed by atoms with Crippen LogP contribution >= 0.6 is 23.4 Å².